The van der Waals surface area contributed by atoms with E-state index in [0.29, 0.717) is 16.7 Å². The van der Waals surface area contributed by atoms with E-state index < -0.39 is 12.1 Å². The van der Waals surface area contributed by atoms with Gasteiger partial charge in [0, 0.05) is 0 Å². The van der Waals surface area contributed by atoms with Gasteiger partial charge in [-0.3, -0.25) is 4.79 Å². The summed E-state index contributed by atoms with van der Waals surface area (Å²) < 4.78 is 22.7. The number of furan rings is 1. The molecule has 3 aromatic rings. The Bertz CT molecular complexity index is 1060. The summed E-state index contributed by atoms with van der Waals surface area (Å²) in [6.45, 7) is 3.47. The Morgan fingerprint density at radius 2 is 1.97 bits per heavy atom. The molecule has 0 bridgehead atoms. The standard InChI is InChI=1S/C23H24O6/c1-14-10-11-18-17(13-14)20(24)22(21(29-18)19-9-6-12-26-19)27-15(2)23(25)28-16-7-4-3-5-8-16/h6,9-13,15-16H,3-5,7-8H2,1-2H3. The molecule has 0 amide bonds. The second-order valence-corrected chi connectivity index (χ2v) is 7.52. The number of hydrogen-bond acceptors (Lipinski definition) is 6. The first kappa shape index (κ1) is 19.3. The Morgan fingerprint density at radius 3 is 2.69 bits per heavy atom. The summed E-state index contributed by atoms with van der Waals surface area (Å²) in [5, 5.41) is 0.392. The minimum Gasteiger partial charge on any atom is -0.471 e. The van der Waals surface area contributed by atoms with Crippen LogP contribution in [0.2, 0.25) is 0 Å². The molecule has 1 fully saturated rings. The molecule has 1 aliphatic carbocycles. The molecule has 0 aliphatic heterocycles. The Hall–Kier alpha value is -3.02. The van der Waals surface area contributed by atoms with Crippen LogP contribution in [0.15, 0.2) is 50.2 Å². The Balaban J connectivity index is 1.67. The summed E-state index contributed by atoms with van der Waals surface area (Å²) in [5.74, 6) is -0.0155. The van der Waals surface area contributed by atoms with Crippen molar-refractivity contribution < 1.29 is 23.1 Å². The van der Waals surface area contributed by atoms with Crippen LogP contribution in [-0.2, 0) is 9.53 Å². The number of carbonyl (C=O) groups excluding carboxylic acids is 1. The second-order valence-electron chi connectivity index (χ2n) is 7.52. The van der Waals surface area contributed by atoms with Gasteiger partial charge in [-0.05, 0) is 63.8 Å². The first-order valence-electron chi connectivity index (χ1n) is 10.0. The van der Waals surface area contributed by atoms with E-state index >= 15 is 0 Å². The molecule has 152 valence electrons. The third kappa shape index (κ3) is 4.06. The minimum atomic E-state index is -0.948. The predicted molar refractivity (Wildman–Crippen MR) is 108 cm³/mol. The highest BCUT2D eigenvalue weighted by Crippen LogP contribution is 2.32. The summed E-state index contributed by atoms with van der Waals surface area (Å²) in [6, 6.07) is 8.71. The molecule has 0 saturated heterocycles. The third-order valence-corrected chi connectivity index (χ3v) is 5.21. The van der Waals surface area contributed by atoms with E-state index in [1.807, 2.05) is 13.0 Å². The highest BCUT2D eigenvalue weighted by atomic mass is 16.6. The average molecular weight is 396 g/mol. The van der Waals surface area contributed by atoms with Gasteiger partial charge in [-0.15, -0.1) is 0 Å². The topological polar surface area (TPSA) is 78.9 Å². The predicted octanol–water partition coefficient (Wildman–Crippen LogP) is 5.00. The Labute approximate surface area is 168 Å². The van der Waals surface area contributed by atoms with Crippen LogP contribution in [0.25, 0.3) is 22.5 Å². The number of rotatable bonds is 5. The van der Waals surface area contributed by atoms with Gasteiger partial charge in [0.15, 0.2) is 11.9 Å². The maximum atomic E-state index is 13.2. The highest BCUT2D eigenvalue weighted by molar-refractivity contribution is 5.82. The number of benzene rings is 1. The molecule has 2 heterocycles. The zero-order valence-corrected chi connectivity index (χ0v) is 16.6. The number of aryl methyl sites for hydroxylation is 1. The van der Waals surface area contributed by atoms with Crippen molar-refractivity contribution in [1.82, 2.24) is 0 Å². The van der Waals surface area contributed by atoms with Crippen LogP contribution in [-0.4, -0.2) is 18.2 Å². The zero-order chi connectivity index (χ0) is 20.4. The van der Waals surface area contributed by atoms with Crippen molar-refractivity contribution in [2.45, 2.75) is 58.2 Å². The van der Waals surface area contributed by atoms with Crippen LogP contribution in [0.1, 0.15) is 44.6 Å². The van der Waals surface area contributed by atoms with E-state index in [4.69, 9.17) is 18.3 Å². The summed E-state index contributed by atoms with van der Waals surface area (Å²) in [7, 11) is 0. The summed E-state index contributed by atoms with van der Waals surface area (Å²) >= 11 is 0. The lowest BCUT2D eigenvalue weighted by Gasteiger charge is -2.23. The summed E-state index contributed by atoms with van der Waals surface area (Å²) in [6.07, 6.45) is 5.48. The van der Waals surface area contributed by atoms with Crippen LogP contribution >= 0.6 is 0 Å². The average Bonchev–Trinajstić information content (AvgIpc) is 3.25. The normalized spacial score (nSPS) is 15.9. The smallest absolute Gasteiger partial charge is 0.347 e. The van der Waals surface area contributed by atoms with Gasteiger partial charge in [0.1, 0.15) is 11.7 Å². The van der Waals surface area contributed by atoms with Crippen molar-refractivity contribution in [3.05, 3.63) is 52.4 Å². The van der Waals surface area contributed by atoms with Crippen LogP contribution in [0.4, 0.5) is 0 Å². The molecule has 29 heavy (non-hydrogen) atoms. The number of esters is 1. The highest BCUT2D eigenvalue weighted by Gasteiger charge is 2.27. The monoisotopic (exact) mass is 396 g/mol. The Kier molecular flexibility index (Phi) is 5.43. The fourth-order valence-corrected chi connectivity index (χ4v) is 3.64. The lowest BCUT2D eigenvalue weighted by atomic mass is 9.98. The van der Waals surface area contributed by atoms with Crippen molar-refractivity contribution >= 4 is 16.9 Å². The number of fused-ring (bicyclic) bond motifs is 1. The molecule has 6 nitrogen and oxygen atoms in total. The van der Waals surface area contributed by atoms with Crippen LogP contribution < -0.4 is 10.2 Å². The zero-order valence-electron chi connectivity index (χ0n) is 16.6. The molecule has 1 aliphatic rings. The van der Waals surface area contributed by atoms with Crippen molar-refractivity contribution in [1.29, 1.82) is 0 Å². The summed E-state index contributed by atoms with van der Waals surface area (Å²) in [4.78, 5) is 25.7. The van der Waals surface area contributed by atoms with Gasteiger partial charge in [0.25, 0.3) is 0 Å². The molecule has 6 heteroatoms. The van der Waals surface area contributed by atoms with Crippen molar-refractivity contribution in [3.63, 3.8) is 0 Å². The van der Waals surface area contributed by atoms with Crippen molar-refractivity contribution in [2.75, 3.05) is 0 Å². The molecule has 0 spiro atoms. The van der Waals surface area contributed by atoms with Crippen molar-refractivity contribution in [2.24, 2.45) is 0 Å². The van der Waals surface area contributed by atoms with Crippen LogP contribution in [0.5, 0.6) is 5.75 Å². The van der Waals surface area contributed by atoms with Gasteiger partial charge in [0.2, 0.25) is 16.9 Å². The molecule has 0 N–H and O–H groups in total. The molecular weight excluding hydrogens is 372 g/mol. The van der Waals surface area contributed by atoms with Gasteiger partial charge < -0.3 is 18.3 Å². The first-order valence-corrected chi connectivity index (χ1v) is 10.0. The minimum absolute atomic E-state index is 0.0499. The molecular formula is C23H24O6. The summed E-state index contributed by atoms with van der Waals surface area (Å²) in [5.41, 5.74) is 1.00. The van der Waals surface area contributed by atoms with Crippen molar-refractivity contribution in [3.8, 4) is 17.3 Å². The molecule has 1 saturated carbocycles. The van der Waals surface area contributed by atoms with Crippen LogP contribution in [0.3, 0.4) is 0 Å². The number of carbonyl (C=O) groups is 1. The number of ether oxygens (including phenoxy) is 2. The van der Waals surface area contributed by atoms with E-state index in [2.05, 4.69) is 0 Å². The SMILES string of the molecule is Cc1ccc2oc(-c3ccco3)c(OC(C)C(=O)OC3CCCCC3)c(=O)c2c1. The molecule has 1 unspecified atom stereocenters. The maximum absolute atomic E-state index is 13.2. The molecule has 0 radical (unpaired) electrons. The van der Waals surface area contributed by atoms with E-state index in [0.717, 1.165) is 31.2 Å². The third-order valence-electron chi connectivity index (χ3n) is 5.21. The van der Waals surface area contributed by atoms with E-state index in [-0.39, 0.29) is 23.0 Å². The fraction of sp³-hybridized carbons (Fsp3) is 0.391. The first-order chi connectivity index (χ1) is 14.0. The number of hydrogen-bond donors (Lipinski definition) is 0. The van der Waals surface area contributed by atoms with E-state index in [1.165, 1.54) is 12.7 Å². The molecule has 4 rings (SSSR count). The molecule has 2 aromatic heterocycles. The maximum Gasteiger partial charge on any atom is 0.347 e. The van der Waals surface area contributed by atoms with E-state index in [1.54, 1.807) is 31.2 Å². The van der Waals surface area contributed by atoms with Gasteiger partial charge >= 0.3 is 5.97 Å². The fourth-order valence-electron chi connectivity index (χ4n) is 3.64. The van der Waals surface area contributed by atoms with Gasteiger partial charge in [-0.2, -0.15) is 0 Å². The van der Waals surface area contributed by atoms with E-state index in [9.17, 15) is 9.59 Å². The largest absolute Gasteiger partial charge is 0.471 e. The lowest BCUT2D eigenvalue weighted by molar-refractivity contribution is -0.158. The van der Waals surface area contributed by atoms with Gasteiger partial charge in [0.05, 0.1) is 11.6 Å². The van der Waals surface area contributed by atoms with Crippen LogP contribution in [0, 0.1) is 6.92 Å². The quantitative estimate of drug-likeness (QED) is 0.565. The van der Waals surface area contributed by atoms with Gasteiger partial charge in [-0.25, -0.2) is 4.79 Å². The molecule has 1 atom stereocenters. The van der Waals surface area contributed by atoms with Gasteiger partial charge in [-0.1, -0.05) is 18.1 Å². The second kappa shape index (κ2) is 8.15. The molecule has 1 aromatic carbocycles. The lowest BCUT2D eigenvalue weighted by Crippen LogP contribution is -2.32. The Morgan fingerprint density at radius 1 is 1.17 bits per heavy atom.